The molecule has 0 aliphatic carbocycles. The summed E-state index contributed by atoms with van der Waals surface area (Å²) in [5, 5.41) is 2.89. The van der Waals surface area contributed by atoms with E-state index in [2.05, 4.69) is 36.5 Å². The molecule has 4 nitrogen and oxygen atoms in total. The van der Waals surface area contributed by atoms with Crippen LogP contribution < -0.4 is 10.1 Å². The molecule has 2 rings (SSSR count). The number of methoxy groups -OCH3 is 1. The third-order valence-corrected chi connectivity index (χ3v) is 3.68. The largest absolute Gasteiger partial charge is 0.495 e. The van der Waals surface area contributed by atoms with Crippen molar-refractivity contribution in [1.29, 1.82) is 0 Å². The molecule has 2 aromatic carbocycles. The fraction of sp³-hybridized carbons (Fsp3) is 0.316. The number of hydrogen-bond donors (Lipinski definition) is 1. The van der Waals surface area contributed by atoms with Crippen LogP contribution in [0.15, 0.2) is 48.5 Å². The van der Waals surface area contributed by atoms with Crippen molar-refractivity contribution in [2.75, 3.05) is 26.0 Å². The number of anilines is 1. The van der Waals surface area contributed by atoms with Crippen molar-refractivity contribution in [3.05, 3.63) is 59.7 Å². The number of ether oxygens (including phenoxy) is 1. The van der Waals surface area contributed by atoms with E-state index in [1.54, 1.807) is 7.11 Å². The fourth-order valence-corrected chi connectivity index (χ4v) is 2.43. The van der Waals surface area contributed by atoms with E-state index in [4.69, 9.17) is 4.74 Å². The number of amides is 1. The summed E-state index contributed by atoms with van der Waals surface area (Å²) < 4.78 is 5.24. The Balaban J connectivity index is 1.88. The highest BCUT2D eigenvalue weighted by Crippen LogP contribution is 2.22. The molecule has 0 heterocycles. The average Bonchev–Trinajstić information content (AvgIpc) is 2.55. The molecule has 0 atom stereocenters. The summed E-state index contributed by atoms with van der Waals surface area (Å²) in [5.41, 5.74) is 3.22. The van der Waals surface area contributed by atoms with Crippen molar-refractivity contribution in [2.24, 2.45) is 0 Å². The van der Waals surface area contributed by atoms with Crippen molar-refractivity contribution in [1.82, 2.24) is 4.90 Å². The molecule has 4 heteroatoms. The first-order chi connectivity index (χ1) is 11.1. The van der Waals surface area contributed by atoms with E-state index in [0.717, 1.165) is 13.0 Å². The Morgan fingerprint density at radius 2 is 1.74 bits per heavy atom. The summed E-state index contributed by atoms with van der Waals surface area (Å²) in [6.45, 7) is 3.21. The second-order valence-electron chi connectivity index (χ2n) is 5.59. The van der Waals surface area contributed by atoms with Gasteiger partial charge >= 0.3 is 0 Å². The van der Waals surface area contributed by atoms with E-state index in [0.29, 0.717) is 18.0 Å². The topological polar surface area (TPSA) is 41.6 Å². The third kappa shape index (κ3) is 5.11. The normalized spacial score (nSPS) is 10.6. The molecule has 1 N–H and O–H groups in total. The van der Waals surface area contributed by atoms with Gasteiger partial charge in [-0.05, 0) is 36.7 Å². The van der Waals surface area contributed by atoms with Gasteiger partial charge in [0.05, 0.1) is 19.3 Å². The van der Waals surface area contributed by atoms with Crippen LogP contribution in [0.25, 0.3) is 0 Å². The highest BCUT2D eigenvalue weighted by Gasteiger charge is 2.10. The Morgan fingerprint density at radius 1 is 1.09 bits per heavy atom. The van der Waals surface area contributed by atoms with Gasteiger partial charge in [0.15, 0.2) is 0 Å². The number of benzene rings is 2. The van der Waals surface area contributed by atoms with Crippen LogP contribution in [0.4, 0.5) is 5.69 Å². The van der Waals surface area contributed by atoms with E-state index in [-0.39, 0.29) is 5.91 Å². The quantitative estimate of drug-likeness (QED) is 0.852. The summed E-state index contributed by atoms with van der Waals surface area (Å²) >= 11 is 0. The summed E-state index contributed by atoms with van der Waals surface area (Å²) in [7, 11) is 3.53. The highest BCUT2D eigenvalue weighted by atomic mass is 16.5. The molecule has 122 valence electrons. The van der Waals surface area contributed by atoms with Crippen molar-refractivity contribution in [3.63, 3.8) is 0 Å². The molecule has 2 aromatic rings. The number of para-hydroxylation sites is 2. The van der Waals surface area contributed by atoms with Gasteiger partial charge in [-0.2, -0.15) is 0 Å². The van der Waals surface area contributed by atoms with Crippen LogP contribution >= 0.6 is 0 Å². The van der Waals surface area contributed by atoms with Gasteiger partial charge in [-0.1, -0.05) is 43.3 Å². The Hall–Kier alpha value is -2.33. The molecule has 0 saturated heterocycles. The van der Waals surface area contributed by atoms with Gasteiger partial charge in [0.25, 0.3) is 0 Å². The zero-order valence-corrected chi connectivity index (χ0v) is 14.0. The Morgan fingerprint density at radius 3 is 2.39 bits per heavy atom. The summed E-state index contributed by atoms with van der Waals surface area (Å²) in [6.07, 6.45) is 1.04. The Bertz CT molecular complexity index is 638. The van der Waals surface area contributed by atoms with E-state index in [1.807, 2.05) is 36.2 Å². The molecule has 0 aliphatic rings. The molecule has 0 aromatic heterocycles. The van der Waals surface area contributed by atoms with Crippen molar-refractivity contribution < 1.29 is 9.53 Å². The number of carbonyl (C=O) groups is 1. The molecule has 0 aliphatic heterocycles. The van der Waals surface area contributed by atoms with Gasteiger partial charge in [-0.15, -0.1) is 0 Å². The minimum absolute atomic E-state index is 0.0535. The number of rotatable bonds is 7. The smallest absolute Gasteiger partial charge is 0.238 e. The first-order valence-corrected chi connectivity index (χ1v) is 7.81. The molecule has 0 unspecified atom stereocenters. The second kappa shape index (κ2) is 8.34. The average molecular weight is 312 g/mol. The summed E-state index contributed by atoms with van der Waals surface area (Å²) in [4.78, 5) is 14.2. The molecular formula is C19H24N2O2. The van der Waals surface area contributed by atoms with Crippen molar-refractivity contribution in [2.45, 2.75) is 19.9 Å². The molecule has 0 bridgehead atoms. The van der Waals surface area contributed by atoms with Gasteiger partial charge in [-0.25, -0.2) is 0 Å². The van der Waals surface area contributed by atoms with Crippen LogP contribution in [0.1, 0.15) is 18.1 Å². The first kappa shape index (κ1) is 17.0. The molecule has 23 heavy (non-hydrogen) atoms. The van der Waals surface area contributed by atoms with E-state index in [9.17, 15) is 4.79 Å². The van der Waals surface area contributed by atoms with Gasteiger partial charge in [0, 0.05) is 6.54 Å². The number of carbonyl (C=O) groups excluding carboxylic acids is 1. The van der Waals surface area contributed by atoms with Gasteiger partial charge in [0.2, 0.25) is 5.91 Å². The predicted octanol–water partition coefficient (Wildman–Crippen LogP) is 3.33. The van der Waals surface area contributed by atoms with Gasteiger partial charge in [-0.3, -0.25) is 9.69 Å². The molecule has 0 spiro atoms. The standard InChI is InChI=1S/C19H24N2O2/c1-4-15-9-11-16(12-10-15)13-21(2)14-19(22)20-17-7-5-6-8-18(17)23-3/h5-12H,4,13-14H2,1-3H3,(H,20,22). The summed E-state index contributed by atoms with van der Waals surface area (Å²) in [5.74, 6) is 0.612. The van der Waals surface area contributed by atoms with Crippen LogP contribution in [0.3, 0.4) is 0 Å². The second-order valence-corrected chi connectivity index (χ2v) is 5.59. The van der Waals surface area contributed by atoms with E-state index >= 15 is 0 Å². The van der Waals surface area contributed by atoms with Gasteiger partial charge in [0.1, 0.15) is 5.75 Å². The lowest BCUT2D eigenvalue weighted by atomic mass is 10.1. The number of nitrogens with one attached hydrogen (secondary N) is 1. The molecule has 1 amide bonds. The third-order valence-electron chi connectivity index (χ3n) is 3.68. The van der Waals surface area contributed by atoms with Gasteiger partial charge < -0.3 is 10.1 Å². The number of nitrogens with zero attached hydrogens (tertiary/aromatic N) is 1. The zero-order chi connectivity index (χ0) is 16.7. The van der Waals surface area contributed by atoms with Crippen LogP contribution in [-0.4, -0.2) is 31.5 Å². The number of aryl methyl sites for hydroxylation is 1. The van der Waals surface area contributed by atoms with Crippen LogP contribution in [0.2, 0.25) is 0 Å². The maximum Gasteiger partial charge on any atom is 0.238 e. The fourth-order valence-electron chi connectivity index (χ4n) is 2.43. The Kier molecular flexibility index (Phi) is 6.18. The Labute approximate surface area is 138 Å². The number of hydrogen-bond acceptors (Lipinski definition) is 3. The minimum atomic E-state index is -0.0535. The maximum atomic E-state index is 12.2. The van der Waals surface area contributed by atoms with E-state index in [1.165, 1.54) is 11.1 Å². The maximum absolute atomic E-state index is 12.2. The molecule has 0 radical (unpaired) electrons. The van der Waals surface area contributed by atoms with Crippen molar-refractivity contribution in [3.8, 4) is 5.75 Å². The summed E-state index contributed by atoms with van der Waals surface area (Å²) in [6, 6.07) is 15.9. The highest BCUT2D eigenvalue weighted by molar-refractivity contribution is 5.93. The molecule has 0 saturated carbocycles. The zero-order valence-electron chi connectivity index (χ0n) is 14.0. The lowest BCUT2D eigenvalue weighted by molar-refractivity contribution is -0.117. The predicted molar refractivity (Wildman–Crippen MR) is 93.8 cm³/mol. The SMILES string of the molecule is CCc1ccc(CN(C)CC(=O)Nc2ccccc2OC)cc1. The number of likely N-dealkylation sites (N-methyl/N-ethyl adjacent to an activating group) is 1. The van der Waals surface area contributed by atoms with Crippen LogP contribution in [0.5, 0.6) is 5.75 Å². The first-order valence-electron chi connectivity index (χ1n) is 7.81. The van der Waals surface area contributed by atoms with E-state index < -0.39 is 0 Å². The monoisotopic (exact) mass is 312 g/mol. The van der Waals surface area contributed by atoms with Crippen LogP contribution in [-0.2, 0) is 17.8 Å². The minimum Gasteiger partial charge on any atom is -0.495 e. The molecular weight excluding hydrogens is 288 g/mol. The lowest BCUT2D eigenvalue weighted by Crippen LogP contribution is -2.29. The van der Waals surface area contributed by atoms with Crippen LogP contribution in [0, 0.1) is 0 Å². The molecule has 0 fully saturated rings. The van der Waals surface area contributed by atoms with Crippen molar-refractivity contribution >= 4 is 11.6 Å². The lowest BCUT2D eigenvalue weighted by Gasteiger charge is -2.17.